The molecule has 3 heterocycles. The topological polar surface area (TPSA) is 76.3 Å². The van der Waals surface area contributed by atoms with Crippen LogP contribution in [0.5, 0.6) is 0 Å². The Bertz CT molecular complexity index is 547. The van der Waals surface area contributed by atoms with E-state index in [2.05, 4.69) is 4.98 Å². The molecule has 0 aromatic carbocycles. The van der Waals surface area contributed by atoms with Crippen molar-refractivity contribution >= 4 is 10.0 Å². The first-order valence-corrected chi connectivity index (χ1v) is 8.84. The normalized spacial score (nSPS) is 30.6. The van der Waals surface area contributed by atoms with Crippen LogP contribution >= 0.6 is 0 Å². The first-order chi connectivity index (χ1) is 9.56. The zero-order chi connectivity index (χ0) is 14.2. The lowest BCUT2D eigenvalue weighted by atomic mass is 10.0. The lowest BCUT2D eigenvalue weighted by Crippen LogP contribution is -2.50. The monoisotopic (exact) mass is 295 g/mol. The smallest absolute Gasteiger partial charge is 0.214 e. The van der Waals surface area contributed by atoms with E-state index in [4.69, 9.17) is 5.73 Å². The molecule has 0 amide bonds. The van der Waals surface area contributed by atoms with Crippen LogP contribution in [0.2, 0.25) is 0 Å². The number of hydrogen-bond donors (Lipinski definition) is 1. The molecule has 2 saturated heterocycles. The summed E-state index contributed by atoms with van der Waals surface area (Å²) in [5, 5.41) is 0. The van der Waals surface area contributed by atoms with Gasteiger partial charge in [0.25, 0.3) is 0 Å². The molecular formula is C14H21N3O2S. The van der Waals surface area contributed by atoms with Crippen molar-refractivity contribution in [1.29, 1.82) is 0 Å². The Hall–Kier alpha value is -0.980. The molecule has 2 aliphatic rings. The summed E-state index contributed by atoms with van der Waals surface area (Å²) >= 11 is 0. The number of piperidine rings is 1. The second kappa shape index (κ2) is 5.42. The number of fused-ring (bicyclic) bond motifs is 2. The van der Waals surface area contributed by atoms with Crippen LogP contribution < -0.4 is 5.73 Å². The van der Waals surface area contributed by atoms with Gasteiger partial charge in [-0.2, -0.15) is 4.31 Å². The van der Waals surface area contributed by atoms with Gasteiger partial charge in [0.05, 0.1) is 5.75 Å². The van der Waals surface area contributed by atoms with Gasteiger partial charge >= 0.3 is 0 Å². The number of aryl methyl sites for hydroxylation is 1. The van der Waals surface area contributed by atoms with Gasteiger partial charge in [0.15, 0.2) is 0 Å². The van der Waals surface area contributed by atoms with Crippen LogP contribution in [0.4, 0.5) is 0 Å². The van der Waals surface area contributed by atoms with E-state index in [1.54, 1.807) is 10.5 Å². The standard InChI is InChI=1S/C14H21N3O2S/c15-11-9-13-4-5-14(10-11)17(13)20(18,19)8-6-12-3-1-2-7-16-12/h1-3,7,11,13-14H,4-6,8-10,15H2. The number of nitrogens with zero attached hydrogens (tertiary/aromatic N) is 2. The number of pyridine rings is 1. The highest BCUT2D eigenvalue weighted by atomic mass is 32.2. The first-order valence-electron chi connectivity index (χ1n) is 7.23. The third-order valence-corrected chi connectivity index (χ3v) is 6.32. The molecular weight excluding hydrogens is 274 g/mol. The van der Waals surface area contributed by atoms with E-state index in [1.807, 2.05) is 18.2 Å². The van der Waals surface area contributed by atoms with Crippen molar-refractivity contribution in [1.82, 2.24) is 9.29 Å². The van der Waals surface area contributed by atoms with Gasteiger partial charge in [0, 0.05) is 36.4 Å². The second-order valence-electron chi connectivity index (χ2n) is 5.83. The van der Waals surface area contributed by atoms with Gasteiger partial charge in [-0.1, -0.05) is 6.07 Å². The Labute approximate surface area is 120 Å². The minimum Gasteiger partial charge on any atom is -0.328 e. The van der Waals surface area contributed by atoms with E-state index in [0.29, 0.717) is 6.42 Å². The van der Waals surface area contributed by atoms with Crippen LogP contribution in [0.25, 0.3) is 0 Å². The number of aromatic nitrogens is 1. The number of hydrogen-bond acceptors (Lipinski definition) is 4. The maximum atomic E-state index is 12.6. The van der Waals surface area contributed by atoms with Crippen molar-refractivity contribution in [2.45, 2.75) is 50.2 Å². The van der Waals surface area contributed by atoms with E-state index < -0.39 is 10.0 Å². The number of sulfonamides is 1. The molecule has 2 aliphatic heterocycles. The summed E-state index contributed by atoms with van der Waals surface area (Å²) in [6.07, 6.45) is 5.71. The second-order valence-corrected chi connectivity index (χ2v) is 7.83. The fourth-order valence-corrected chi connectivity index (χ4v) is 5.48. The van der Waals surface area contributed by atoms with Crippen molar-refractivity contribution in [3.05, 3.63) is 30.1 Å². The Kier molecular flexibility index (Phi) is 3.79. The third kappa shape index (κ3) is 2.73. The van der Waals surface area contributed by atoms with Crippen LogP contribution in [0.3, 0.4) is 0 Å². The summed E-state index contributed by atoms with van der Waals surface area (Å²) in [5.74, 6) is 0.145. The van der Waals surface area contributed by atoms with Gasteiger partial charge < -0.3 is 5.73 Å². The summed E-state index contributed by atoms with van der Waals surface area (Å²) in [6.45, 7) is 0. The first kappa shape index (κ1) is 14.0. The fraction of sp³-hybridized carbons (Fsp3) is 0.643. The third-order valence-electron chi connectivity index (χ3n) is 4.37. The maximum Gasteiger partial charge on any atom is 0.214 e. The highest BCUT2D eigenvalue weighted by Gasteiger charge is 2.45. The summed E-state index contributed by atoms with van der Waals surface area (Å²) in [5.41, 5.74) is 6.83. The van der Waals surface area contributed by atoms with Crippen LogP contribution in [-0.2, 0) is 16.4 Å². The molecule has 0 radical (unpaired) electrons. The summed E-state index contributed by atoms with van der Waals surface area (Å²) in [7, 11) is -3.20. The molecule has 2 atom stereocenters. The SMILES string of the molecule is NC1CC2CCC(C1)N2S(=O)(=O)CCc1ccccn1. The minimum absolute atomic E-state index is 0.123. The summed E-state index contributed by atoms with van der Waals surface area (Å²) in [4.78, 5) is 4.19. The molecule has 0 aliphatic carbocycles. The molecule has 20 heavy (non-hydrogen) atoms. The van der Waals surface area contributed by atoms with Crippen LogP contribution in [-0.4, -0.2) is 41.6 Å². The minimum atomic E-state index is -3.20. The van der Waals surface area contributed by atoms with Crippen molar-refractivity contribution in [2.75, 3.05) is 5.75 Å². The molecule has 1 aromatic heterocycles. The molecule has 110 valence electrons. The van der Waals surface area contributed by atoms with E-state index >= 15 is 0 Å². The molecule has 2 unspecified atom stereocenters. The average Bonchev–Trinajstić information content (AvgIpc) is 2.72. The predicted octanol–water partition coefficient (Wildman–Crippen LogP) is 0.908. The summed E-state index contributed by atoms with van der Waals surface area (Å²) < 4.78 is 26.9. The van der Waals surface area contributed by atoms with Gasteiger partial charge in [-0.15, -0.1) is 0 Å². The van der Waals surface area contributed by atoms with E-state index in [0.717, 1.165) is 31.4 Å². The molecule has 3 rings (SSSR count). The van der Waals surface area contributed by atoms with E-state index in [-0.39, 0.29) is 23.9 Å². The number of rotatable bonds is 4. The van der Waals surface area contributed by atoms with Gasteiger partial charge in [-0.05, 0) is 37.8 Å². The van der Waals surface area contributed by atoms with Crippen molar-refractivity contribution in [3.63, 3.8) is 0 Å². The van der Waals surface area contributed by atoms with E-state index in [9.17, 15) is 8.42 Å². The van der Waals surface area contributed by atoms with Gasteiger partial charge in [0.1, 0.15) is 0 Å². The largest absolute Gasteiger partial charge is 0.328 e. The van der Waals surface area contributed by atoms with Crippen LogP contribution in [0.1, 0.15) is 31.4 Å². The van der Waals surface area contributed by atoms with Crippen molar-refractivity contribution in [3.8, 4) is 0 Å². The lowest BCUT2D eigenvalue weighted by molar-refractivity contribution is 0.227. The zero-order valence-electron chi connectivity index (χ0n) is 11.5. The van der Waals surface area contributed by atoms with Crippen LogP contribution in [0, 0.1) is 0 Å². The maximum absolute atomic E-state index is 12.6. The van der Waals surface area contributed by atoms with Gasteiger partial charge in [0.2, 0.25) is 10.0 Å². The Morgan fingerprint density at radius 1 is 1.25 bits per heavy atom. The van der Waals surface area contributed by atoms with Crippen molar-refractivity contribution < 1.29 is 8.42 Å². The summed E-state index contributed by atoms with van der Waals surface area (Å²) in [6, 6.07) is 6.00. The van der Waals surface area contributed by atoms with Gasteiger partial charge in [-0.25, -0.2) is 8.42 Å². The molecule has 2 N–H and O–H groups in total. The molecule has 2 bridgehead atoms. The Balaban J connectivity index is 1.70. The van der Waals surface area contributed by atoms with Crippen molar-refractivity contribution in [2.24, 2.45) is 5.73 Å². The van der Waals surface area contributed by atoms with Crippen LogP contribution in [0.15, 0.2) is 24.4 Å². The number of nitrogens with two attached hydrogens (primary N) is 1. The average molecular weight is 295 g/mol. The van der Waals surface area contributed by atoms with Gasteiger partial charge in [-0.3, -0.25) is 4.98 Å². The lowest BCUT2D eigenvalue weighted by Gasteiger charge is -2.36. The highest BCUT2D eigenvalue weighted by molar-refractivity contribution is 7.89. The Morgan fingerprint density at radius 2 is 1.95 bits per heavy atom. The molecule has 6 heteroatoms. The zero-order valence-corrected chi connectivity index (χ0v) is 12.3. The molecule has 1 aromatic rings. The molecule has 0 saturated carbocycles. The molecule has 2 fully saturated rings. The molecule has 0 spiro atoms. The quantitative estimate of drug-likeness (QED) is 0.895. The van der Waals surface area contributed by atoms with E-state index in [1.165, 1.54) is 0 Å². The fourth-order valence-electron chi connectivity index (χ4n) is 3.52. The predicted molar refractivity (Wildman–Crippen MR) is 77.6 cm³/mol. The Morgan fingerprint density at radius 3 is 2.55 bits per heavy atom. The molecule has 5 nitrogen and oxygen atoms in total. The highest BCUT2D eigenvalue weighted by Crippen LogP contribution is 2.37.